The minimum atomic E-state index is -0.223. The van der Waals surface area contributed by atoms with Crippen LogP contribution in [0.1, 0.15) is 67.3 Å². The van der Waals surface area contributed by atoms with Crippen LogP contribution in [0.15, 0.2) is 48.5 Å². The topological polar surface area (TPSA) is 98.8 Å². The van der Waals surface area contributed by atoms with Crippen LogP contribution in [0.5, 0.6) is 0 Å². The van der Waals surface area contributed by atoms with Gasteiger partial charge in [-0.3, -0.25) is 19.2 Å². The summed E-state index contributed by atoms with van der Waals surface area (Å²) in [6, 6.07) is 14.4. The first-order chi connectivity index (χ1) is 19.0. The molecule has 1 unspecified atom stereocenters. The SMILES string of the molecule is O=C(Cc1cccc(NC(=O)C2CCCN(C(=O)C3CCC3)C2)c1)Nc1ccc(C(=O)N2CCCCC2)cc1. The molecular formula is C31H38N4O4. The summed E-state index contributed by atoms with van der Waals surface area (Å²) in [5.41, 5.74) is 2.70. The average molecular weight is 531 g/mol. The molecule has 1 saturated carbocycles. The van der Waals surface area contributed by atoms with E-state index in [2.05, 4.69) is 10.6 Å². The lowest BCUT2D eigenvalue weighted by Crippen LogP contribution is -2.47. The number of amides is 4. The van der Waals surface area contributed by atoms with Gasteiger partial charge in [0.1, 0.15) is 0 Å². The monoisotopic (exact) mass is 530 g/mol. The van der Waals surface area contributed by atoms with Crippen LogP contribution >= 0.6 is 0 Å². The van der Waals surface area contributed by atoms with Gasteiger partial charge in [0, 0.05) is 49.0 Å². The van der Waals surface area contributed by atoms with Gasteiger partial charge in [-0.25, -0.2) is 0 Å². The van der Waals surface area contributed by atoms with Crippen molar-refractivity contribution < 1.29 is 19.2 Å². The molecule has 2 aromatic rings. The second-order valence-corrected chi connectivity index (χ2v) is 11.1. The fourth-order valence-corrected chi connectivity index (χ4v) is 5.67. The minimum Gasteiger partial charge on any atom is -0.342 e. The van der Waals surface area contributed by atoms with Gasteiger partial charge in [0.15, 0.2) is 0 Å². The molecule has 2 heterocycles. The normalized spacial score (nSPS) is 19.6. The molecule has 2 aliphatic heterocycles. The van der Waals surface area contributed by atoms with Crippen molar-refractivity contribution in [3.63, 3.8) is 0 Å². The van der Waals surface area contributed by atoms with Crippen molar-refractivity contribution in [2.24, 2.45) is 11.8 Å². The molecule has 0 bridgehead atoms. The van der Waals surface area contributed by atoms with E-state index in [1.165, 1.54) is 6.42 Å². The zero-order chi connectivity index (χ0) is 27.2. The Morgan fingerprint density at radius 1 is 0.718 bits per heavy atom. The van der Waals surface area contributed by atoms with Crippen LogP contribution < -0.4 is 10.6 Å². The first-order valence-corrected chi connectivity index (χ1v) is 14.3. The van der Waals surface area contributed by atoms with Crippen LogP contribution in [0.4, 0.5) is 11.4 Å². The lowest BCUT2D eigenvalue weighted by atomic mass is 9.83. The molecule has 0 radical (unpaired) electrons. The van der Waals surface area contributed by atoms with Crippen molar-refractivity contribution in [1.29, 1.82) is 0 Å². The van der Waals surface area contributed by atoms with E-state index in [0.717, 1.165) is 70.1 Å². The highest BCUT2D eigenvalue weighted by molar-refractivity contribution is 5.97. The zero-order valence-electron chi connectivity index (χ0n) is 22.5. The quantitative estimate of drug-likeness (QED) is 0.552. The molecule has 39 heavy (non-hydrogen) atoms. The van der Waals surface area contributed by atoms with Crippen LogP contribution in [0.2, 0.25) is 0 Å². The van der Waals surface area contributed by atoms with Crippen LogP contribution in [0.25, 0.3) is 0 Å². The van der Waals surface area contributed by atoms with Crippen molar-refractivity contribution in [1.82, 2.24) is 9.80 Å². The molecule has 1 aliphatic carbocycles. The third-order valence-corrected chi connectivity index (χ3v) is 8.18. The Balaban J connectivity index is 1.12. The standard InChI is InChI=1S/C31H38N4O4/c36-28(32-26-14-12-24(13-15-26)30(38)34-16-2-1-3-17-34)20-22-7-4-11-27(19-22)33-29(37)25-10-6-18-35(21-25)31(39)23-8-5-9-23/h4,7,11-15,19,23,25H,1-3,5-6,8-10,16-18,20-21H2,(H,32,36)(H,33,37). The number of carbonyl (C=O) groups excluding carboxylic acids is 4. The van der Waals surface area contributed by atoms with Gasteiger partial charge >= 0.3 is 0 Å². The predicted molar refractivity (Wildman–Crippen MR) is 150 cm³/mol. The molecule has 8 heteroatoms. The van der Waals surface area contributed by atoms with E-state index < -0.39 is 0 Å². The Bertz CT molecular complexity index is 1200. The first kappa shape index (κ1) is 26.9. The number of nitrogens with zero attached hydrogens (tertiary/aromatic N) is 2. The van der Waals surface area contributed by atoms with Gasteiger partial charge in [-0.05, 0) is 86.9 Å². The molecule has 5 rings (SSSR count). The van der Waals surface area contributed by atoms with Crippen LogP contribution in [0.3, 0.4) is 0 Å². The van der Waals surface area contributed by atoms with E-state index in [1.807, 2.05) is 34.1 Å². The number of rotatable bonds is 7. The fourth-order valence-electron chi connectivity index (χ4n) is 5.67. The Kier molecular flexibility index (Phi) is 8.59. The molecule has 0 aromatic heterocycles. The maximum atomic E-state index is 13.0. The maximum Gasteiger partial charge on any atom is 0.253 e. The van der Waals surface area contributed by atoms with Crippen molar-refractivity contribution in [2.75, 3.05) is 36.8 Å². The van der Waals surface area contributed by atoms with Gasteiger partial charge in [-0.15, -0.1) is 0 Å². The molecule has 3 fully saturated rings. The van der Waals surface area contributed by atoms with Crippen molar-refractivity contribution in [3.05, 3.63) is 59.7 Å². The highest BCUT2D eigenvalue weighted by atomic mass is 16.2. The smallest absolute Gasteiger partial charge is 0.253 e. The molecule has 2 saturated heterocycles. The fraction of sp³-hybridized carbons (Fsp3) is 0.484. The number of piperidine rings is 2. The third-order valence-electron chi connectivity index (χ3n) is 8.18. The first-order valence-electron chi connectivity index (χ1n) is 14.3. The lowest BCUT2D eigenvalue weighted by Gasteiger charge is -2.36. The van der Waals surface area contributed by atoms with Gasteiger partial charge in [0.25, 0.3) is 5.91 Å². The van der Waals surface area contributed by atoms with Crippen LogP contribution in [-0.4, -0.2) is 59.6 Å². The highest BCUT2D eigenvalue weighted by Gasteiger charge is 2.34. The van der Waals surface area contributed by atoms with Crippen LogP contribution in [0, 0.1) is 11.8 Å². The zero-order valence-corrected chi connectivity index (χ0v) is 22.5. The molecule has 206 valence electrons. The minimum absolute atomic E-state index is 0.0392. The molecule has 0 spiro atoms. The van der Waals surface area contributed by atoms with Crippen LogP contribution in [-0.2, 0) is 20.8 Å². The van der Waals surface area contributed by atoms with E-state index in [1.54, 1.807) is 24.3 Å². The summed E-state index contributed by atoms with van der Waals surface area (Å²) in [7, 11) is 0. The average Bonchev–Trinajstić information content (AvgIpc) is 2.93. The molecule has 2 aromatic carbocycles. The maximum absolute atomic E-state index is 13.0. The lowest BCUT2D eigenvalue weighted by molar-refractivity contribution is -0.141. The predicted octanol–water partition coefficient (Wildman–Crippen LogP) is 4.47. The number of likely N-dealkylation sites (tertiary alicyclic amines) is 2. The molecule has 8 nitrogen and oxygen atoms in total. The number of anilines is 2. The van der Waals surface area contributed by atoms with E-state index in [4.69, 9.17) is 0 Å². The summed E-state index contributed by atoms with van der Waals surface area (Å²) in [6.07, 6.45) is 8.09. The molecular weight excluding hydrogens is 492 g/mol. The van der Waals surface area contributed by atoms with E-state index in [-0.39, 0.29) is 41.9 Å². The summed E-state index contributed by atoms with van der Waals surface area (Å²) < 4.78 is 0. The second kappa shape index (κ2) is 12.5. The van der Waals surface area contributed by atoms with Gasteiger partial charge in [0.05, 0.1) is 12.3 Å². The molecule has 3 aliphatic rings. The molecule has 2 N–H and O–H groups in total. The Morgan fingerprint density at radius 3 is 2.15 bits per heavy atom. The summed E-state index contributed by atoms with van der Waals surface area (Å²) in [5.74, 6) is -0.0885. The number of hydrogen-bond acceptors (Lipinski definition) is 4. The number of nitrogens with one attached hydrogen (secondary N) is 2. The van der Waals surface area contributed by atoms with Crippen molar-refractivity contribution in [3.8, 4) is 0 Å². The third kappa shape index (κ3) is 6.85. The van der Waals surface area contributed by atoms with E-state index in [0.29, 0.717) is 23.5 Å². The number of benzene rings is 2. The summed E-state index contributed by atoms with van der Waals surface area (Å²) >= 11 is 0. The van der Waals surface area contributed by atoms with Gasteiger partial charge in [-0.2, -0.15) is 0 Å². The highest BCUT2D eigenvalue weighted by Crippen LogP contribution is 2.30. The van der Waals surface area contributed by atoms with E-state index >= 15 is 0 Å². The van der Waals surface area contributed by atoms with E-state index in [9.17, 15) is 19.2 Å². The van der Waals surface area contributed by atoms with Gasteiger partial charge in [0.2, 0.25) is 17.7 Å². The number of hydrogen-bond donors (Lipinski definition) is 2. The van der Waals surface area contributed by atoms with Crippen molar-refractivity contribution in [2.45, 2.75) is 57.8 Å². The Hall–Kier alpha value is -3.68. The Morgan fingerprint density at radius 2 is 1.44 bits per heavy atom. The van der Waals surface area contributed by atoms with Gasteiger partial charge in [-0.1, -0.05) is 18.6 Å². The second-order valence-electron chi connectivity index (χ2n) is 11.1. The molecule has 4 amide bonds. The van der Waals surface area contributed by atoms with Crippen molar-refractivity contribution >= 4 is 35.0 Å². The number of carbonyl (C=O) groups is 4. The summed E-state index contributed by atoms with van der Waals surface area (Å²) in [4.78, 5) is 54.7. The summed E-state index contributed by atoms with van der Waals surface area (Å²) in [6.45, 7) is 2.82. The Labute approximate surface area is 230 Å². The van der Waals surface area contributed by atoms with Gasteiger partial charge < -0.3 is 20.4 Å². The molecule has 1 atom stereocenters. The summed E-state index contributed by atoms with van der Waals surface area (Å²) in [5, 5.41) is 5.88. The largest absolute Gasteiger partial charge is 0.342 e.